The summed E-state index contributed by atoms with van der Waals surface area (Å²) in [6.45, 7) is 4.16. The van der Waals surface area contributed by atoms with Crippen LogP contribution in [0.2, 0.25) is 0 Å². The lowest BCUT2D eigenvalue weighted by Crippen LogP contribution is -2.34. The van der Waals surface area contributed by atoms with Crippen LogP contribution in [0.5, 0.6) is 0 Å². The van der Waals surface area contributed by atoms with Gasteiger partial charge >= 0.3 is 0 Å². The van der Waals surface area contributed by atoms with E-state index in [9.17, 15) is 16.8 Å². The molecule has 0 saturated carbocycles. The van der Waals surface area contributed by atoms with Crippen molar-refractivity contribution in [3.05, 3.63) is 0 Å². The van der Waals surface area contributed by atoms with Crippen LogP contribution in [0.4, 0.5) is 0 Å². The molecule has 0 bridgehead atoms. The number of sulfone groups is 1. The van der Waals surface area contributed by atoms with E-state index in [0.717, 1.165) is 38.5 Å². The Morgan fingerprint density at radius 1 is 0.810 bits per heavy atom. The molecule has 0 spiro atoms. The van der Waals surface area contributed by atoms with Crippen LogP contribution in [-0.2, 0) is 31.4 Å². The first kappa shape index (κ1) is 19.3. The van der Waals surface area contributed by atoms with Gasteiger partial charge in [0, 0.05) is 33.1 Å². The van der Waals surface area contributed by atoms with Crippen LogP contribution in [0.25, 0.3) is 0 Å². The first-order valence-electron chi connectivity index (χ1n) is 7.86. The van der Waals surface area contributed by atoms with Crippen molar-refractivity contribution in [3.63, 3.8) is 0 Å². The molecule has 0 radical (unpaired) electrons. The Balaban J connectivity index is 2.65. The summed E-state index contributed by atoms with van der Waals surface area (Å²) >= 11 is 0. The van der Waals surface area contributed by atoms with Gasteiger partial charge in [-0.1, -0.05) is 39.5 Å². The normalized spacial score (nSPS) is 27.5. The van der Waals surface area contributed by atoms with E-state index in [1.54, 1.807) is 0 Å². The Morgan fingerprint density at radius 2 is 1.19 bits per heavy atom. The van der Waals surface area contributed by atoms with E-state index >= 15 is 0 Å². The number of unbranched alkanes of at least 4 members (excludes halogenated alkanes) is 4. The lowest BCUT2D eigenvalue weighted by Gasteiger charge is -2.17. The molecule has 21 heavy (non-hydrogen) atoms. The van der Waals surface area contributed by atoms with E-state index in [1.807, 2.05) is 0 Å². The van der Waals surface area contributed by atoms with Crippen LogP contribution >= 0.6 is 0 Å². The fraction of sp³-hybridized carbons (Fsp3) is 1.00. The highest BCUT2D eigenvalue weighted by atomic mass is 32.2. The molecular formula is C14H28O4S3. The van der Waals surface area contributed by atoms with E-state index in [0.29, 0.717) is 11.5 Å². The third kappa shape index (κ3) is 6.48. The van der Waals surface area contributed by atoms with Crippen molar-refractivity contribution >= 4 is 31.4 Å². The third-order valence-corrected chi connectivity index (χ3v) is 9.88. The largest absolute Gasteiger partial charge is 0.259 e. The van der Waals surface area contributed by atoms with Crippen molar-refractivity contribution in [2.24, 2.45) is 0 Å². The fourth-order valence-electron chi connectivity index (χ4n) is 2.56. The van der Waals surface area contributed by atoms with Gasteiger partial charge in [0.05, 0.1) is 22.0 Å². The zero-order valence-corrected chi connectivity index (χ0v) is 15.5. The quantitative estimate of drug-likeness (QED) is 0.562. The maximum Gasteiger partial charge on any atom is 0.152 e. The van der Waals surface area contributed by atoms with Crippen molar-refractivity contribution in [1.29, 1.82) is 0 Å². The summed E-state index contributed by atoms with van der Waals surface area (Å²) in [5, 5.41) is -0.844. The molecule has 4 nitrogen and oxygen atoms in total. The standard InChI is InChI=1S/C14H28O4S3/c1-3-5-7-9-19(15)13-11-21(17,18)12-14(13)20(16)10-8-6-4-2/h13-14H,3-12H2,1-2H3/t13-,14?,19?,20?/m0/s1. The molecule has 1 aliphatic rings. The Hall–Kier alpha value is 0.250. The lowest BCUT2D eigenvalue weighted by atomic mass is 10.3. The summed E-state index contributed by atoms with van der Waals surface area (Å²) in [5.74, 6) is 0.985. The molecule has 1 fully saturated rings. The second-order valence-electron chi connectivity index (χ2n) is 5.74. The second-order valence-corrected chi connectivity index (χ2v) is 11.4. The molecule has 0 aliphatic carbocycles. The molecule has 1 rings (SSSR count). The van der Waals surface area contributed by atoms with Gasteiger partial charge in [-0.3, -0.25) is 8.42 Å². The number of rotatable bonds is 10. The molecule has 4 atom stereocenters. The molecule has 0 aromatic heterocycles. The van der Waals surface area contributed by atoms with Gasteiger partial charge in [0.15, 0.2) is 9.84 Å². The van der Waals surface area contributed by atoms with Crippen LogP contribution in [-0.4, -0.2) is 50.3 Å². The highest BCUT2D eigenvalue weighted by molar-refractivity contribution is 7.97. The third-order valence-electron chi connectivity index (χ3n) is 3.82. The zero-order chi connectivity index (χ0) is 15.9. The lowest BCUT2D eigenvalue weighted by molar-refractivity contribution is 0.602. The van der Waals surface area contributed by atoms with Gasteiger partial charge in [-0.05, 0) is 12.8 Å². The van der Waals surface area contributed by atoms with Crippen LogP contribution in [0.3, 0.4) is 0 Å². The first-order chi connectivity index (χ1) is 9.91. The van der Waals surface area contributed by atoms with Crippen molar-refractivity contribution in [1.82, 2.24) is 0 Å². The smallest absolute Gasteiger partial charge is 0.152 e. The van der Waals surface area contributed by atoms with E-state index in [4.69, 9.17) is 0 Å². The van der Waals surface area contributed by atoms with Gasteiger partial charge in [0.1, 0.15) is 0 Å². The van der Waals surface area contributed by atoms with Crippen molar-refractivity contribution in [3.8, 4) is 0 Å². The topological polar surface area (TPSA) is 68.3 Å². The second kappa shape index (κ2) is 9.40. The van der Waals surface area contributed by atoms with E-state index in [-0.39, 0.29) is 11.5 Å². The summed E-state index contributed by atoms with van der Waals surface area (Å²) in [6, 6.07) is 0. The summed E-state index contributed by atoms with van der Waals surface area (Å²) in [7, 11) is -5.53. The predicted molar refractivity (Wildman–Crippen MR) is 91.3 cm³/mol. The molecule has 0 aromatic rings. The Kier molecular flexibility index (Phi) is 8.64. The minimum Gasteiger partial charge on any atom is -0.259 e. The predicted octanol–water partition coefficient (Wildman–Crippen LogP) is 2.03. The van der Waals surface area contributed by atoms with E-state index < -0.39 is 41.9 Å². The molecule has 126 valence electrons. The molecule has 7 heteroatoms. The van der Waals surface area contributed by atoms with Crippen molar-refractivity contribution < 1.29 is 16.8 Å². The van der Waals surface area contributed by atoms with Crippen molar-refractivity contribution in [2.75, 3.05) is 23.0 Å². The van der Waals surface area contributed by atoms with E-state index in [2.05, 4.69) is 13.8 Å². The fourth-order valence-corrected chi connectivity index (χ4v) is 10.1. The number of hydrogen-bond acceptors (Lipinski definition) is 4. The molecule has 3 unspecified atom stereocenters. The minimum absolute atomic E-state index is 0.0457. The van der Waals surface area contributed by atoms with Crippen LogP contribution in [0, 0.1) is 0 Å². The Morgan fingerprint density at radius 3 is 1.52 bits per heavy atom. The molecule has 1 aliphatic heterocycles. The molecule has 1 saturated heterocycles. The summed E-state index contributed by atoms with van der Waals surface area (Å²) in [4.78, 5) is 0. The number of hydrogen-bond donors (Lipinski definition) is 0. The minimum atomic E-state index is -3.18. The first-order valence-corrected chi connectivity index (χ1v) is 12.4. The molecule has 1 heterocycles. The van der Waals surface area contributed by atoms with Gasteiger partial charge in [0.25, 0.3) is 0 Å². The van der Waals surface area contributed by atoms with Gasteiger partial charge in [-0.25, -0.2) is 8.42 Å². The van der Waals surface area contributed by atoms with E-state index in [1.165, 1.54) is 0 Å². The maximum absolute atomic E-state index is 12.4. The summed E-state index contributed by atoms with van der Waals surface area (Å²) < 4.78 is 48.4. The van der Waals surface area contributed by atoms with Gasteiger partial charge in [0.2, 0.25) is 0 Å². The average molecular weight is 357 g/mol. The van der Waals surface area contributed by atoms with Crippen molar-refractivity contribution in [2.45, 2.75) is 62.9 Å². The van der Waals surface area contributed by atoms with Crippen LogP contribution in [0.15, 0.2) is 0 Å². The average Bonchev–Trinajstić information content (AvgIpc) is 2.75. The van der Waals surface area contributed by atoms with Gasteiger partial charge < -0.3 is 0 Å². The van der Waals surface area contributed by atoms with Crippen LogP contribution < -0.4 is 0 Å². The molecular weight excluding hydrogens is 328 g/mol. The Bertz CT molecular complexity index is 423. The zero-order valence-electron chi connectivity index (χ0n) is 13.1. The van der Waals surface area contributed by atoms with Gasteiger partial charge in [-0.15, -0.1) is 0 Å². The molecule has 0 N–H and O–H groups in total. The summed E-state index contributed by atoms with van der Waals surface area (Å²) in [6.07, 6.45) is 5.83. The Labute approximate surface area is 134 Å². The molecule has 0 amide bonds. The van der Waals surface area contributed by atoms with Gasteiger partial charge in [-0.2, -0.15) is 0 Å². The molecule has 0 aromatic carbocycles. The SMILES string of the molecule is CCCCCS(=O)C1CS(=O)(=O)C[C@@H]1S(=O)CCCCC. The summed E-state index contributed by atoms with van der Waals surface area (Å²) in [5.41, 5.74) is 0. The van der Waals surface area contributed by atoms with Crippen LogP contribution in [0.1, 0.15) is 52.4 Å². The monoisotopic (exact) mass is 356 g/mol. The maximum atomic E-state index is 12.4. The highest BCUT2D eigenvalue weighted by Crippen LogP contribution is 2.24. The highest BCUT2D eigenvalue weighted by Gasteiger charge is 2.43.